The number of aromatic carboxylic acids is 1. The van der Waals surface area contributed by atoms with Crippen molar-refractivity contribution in [2.24, 2.45) is 4.99 Å². The first kappa shape index (κ1) is 13.6. The molecule has 0 saturated carbocycles. The highest BCUT2D eigenvalue weighted by Gasteiger charge is 2.07. The first-order valence-electron chi connectivity index (χ1n) is 5.87. The smallest absolute Gasteiger partial charge is 0.335 e. The lowest BCUT2D eigenvalue weighted by molar-refractivity contribution is 0.0697. The molecule has 7 heteroatoms. The molecule has 0 aliphatic carbocycles. The lowest BCUT2D eigenvalue weighted by Crippen LogP contribution is -2.07. The molecule has 0 amide bonds. The fourth-order valence-corrected chi connectivity index (χ4v) is 1.54. The van der Waals surface area contributed by atoms with Crippen molar-refractivity contribution in [3.8, 4) is 5.69 Å². The van der Waals surface area contributed by atoms with E-state index < -0.39 is 5.97 Å². The van der Waals surface area contributed by atoms with Gasteiger partial charge in [-0.3, -0.25) is 0 Å². The zero-order chi connectivity index (χ0) is 14.7. The third kappa shape index (κ3) is 2.94. The predicted molar refractivity (Wildman–Crippen MR) is 76.8 cm³/mol. The van der Waals surface area contributed by atoms with Gasteiger partial charge in [0.15, 0.2) is 5.82 Å². The summed E-state index contributed by atoms with van der Waals surface area (Å²) in [6, 6.07) is 6.35. The number of carboxylic acid groups (broad SMARTS) is 1. The Hall–Kier alpha value is -2.83. The Balaban J connectivity index is 2.29. The van der Waals surface area contributed by atoms with E-state index in [0.29, 0.717) is 17.2 Å². The van der Waals surface area contributed by atoms with Crippen molar-refractivity contribution in [2.45, 2.75) is 0 Å². The molecule has 0 radical (unpaired) electrons. The van der Waals surface area contributed by atoms with Crippen LogP contribution >= 0.6 is 0 Å². The Morgan fingerprint density at radius 1 is 1.40 bits per heavy atom. The summed E-state index contributed by atoms with van der Waals surface area (Å²) >= 11 is 0. The SMILES string of the molecule is CN(C)C=Nc1nn(-c2ccc(C(=O)O)cc2)cc1N. The summed E-state index contributed by atoms with van der Waals surface area (Å²) in [5.74, 6) is -0.547. The molecule has 0 aliphatic rings. The first-order valence-corrected chi connectivity index (χ1v) is 5.87. The fourth-order valence-electron chi connectivity index (χ4n) is 1.54. The number of benzene rings is 1. The summed E-state index contributed by atoms with van der Waals surface area (Å²) in [5, 5.41) is 13.1. The van der Waals surface area contributed by atoms with Crippen molar-refractivity contribution < 1.29 is 9.90 Å². The highest BCUT2D eigenvalue weighted by molar-refractivity contribution is 5.87. The van der Waals surface area contributed by atoms with Gasteiger partial charge in [-0.1, -0.05) is 0 Å². The van der Waals surface area contributed by atoms with Crippen LogP contribution in [0, 0.1) is 0 Å². The number of hydrogen-bond donors (Lipinski definition) is 2. The first-order chi connectivity index (χ1) is 9.47. The van der Waals surface area contributed by atoms with Gasteiger partial charge in [0, 0.05) is 14.1 Å². The standard InChI is InChI=1S/C13H15N5O2/c1-17(2)8-15-12-11(14)7-18(16-12)10-5-3-9(4-6-10)13(19)20/h3-8H,14H2,1-2H3,(H,19,20). The molecule has 0 atom stereocenters. The topological polar surface area (TPSA) is 96.7 Å². The third-order valence-electron chi connectivity index (χ3n) is 2.51. The number of rotatable bonds is 4. The molecule has 0 aliphatic heterocycles. The number of anilines is 1. The lowest BCUT2D eigenvalue weighted by Gasteiger charge is -2.01. The van der Waals surface area contributed by atoms with Crippen LogP contribution in [-0.4, -0.2) is 46.2 Å². The fraction of sp³-hybridized carbons (Fsp3) is 0.154. The Labute approximate surface area is 116 Å². The van der Waals surface area contributed by atoms with E-state index >= 15 is 0 Å². The molecule has 0 saturated heterocycles. The number of aliphatic imine (C=N–C) groups is 1. The van der Waals surface area contributed by atoms with Gasteiger partial charge < -0.3 is 15.7 Å². The number of nitrogens with two attached hydrogens (primary N) is 1. The molecule has 1 heterocycles. The number of hydrogen-bond acceptors (Lipinski definition) is 4. The average molecular weight is 273 g/mol. The minimum Gasteiger partial charge on any atom is -0.478 e. The maximum atomic E-state index is 10.8. The molecule has 1 aromatic carbocycles. The molecule has 7 nitrogen and oxygen atoms in total. The van der Waals surface area contributed by atoms with E-state index in [1.54, 1.807) is 34.2 Å². The van der Waals surface area contributed by atoms with Crippen LogP contribution in [0.5, 0.6) is 0 Å². The Morgan fingerprint density at radius 2 is 2.05 bits per heavy atom. The molecule has 0 spiro atoms. The molecule has 2 aromatic rings. The number of carboxylic acids is 1. The molecule has 3 N–H and O–H groups in total. The van der Waals surface area contributed by atoms with Crippen molar-refractivity contribution >= 4 is 23.8 Å². The highest BCUT2D eigenvalue weighted by Crippen LogP contribution is 2.21. The van der Waals surface area contributed by atoms with Crippen LogP contribution in [0.3, 0.4) is 0 Å². The van der Waals surface area contributed by atoms with Crippen LogP contribution in [0.25, 0.3) is 5.69 Å². The normalized spacial score (nSPS) is 10.9. The van der Waals surface area contributed by atoms with Crippen molar-refractivity contribution in [2.75, 3.05) is 19.8 Å². The van der Waals surface area contributed by atoms with E-state index in [4.69, 9.17) is 10.8 Å². The van der Waals surface area contributed by atoms with Crippen LogP contribution in [0.4, 0.5) is 11.5 Å². The second-order valence-corrected chi connectivity index (χ2v) is 4.41. The molecule has 0 fully saturated rings. The molecular weight excluding hydrogens is 258 g/mol. The molecule has 2 rings (SSSR count). The van der Waals surface area contributed by atoms with Crippen LogP contribution in [0.1, 0.15) is 10.4 Å². The summed E-state index contributed by atoms with van der Waals surface area (Å²) in [6.45, 7) is 0. The number of aromatic nitrogens is 2. The van der Waals surface area contributed by atoms with Crippen molar-refractivity contribution in [3.63, 3.8) is 0 Å². The van der Waals surface area contributed by atoms with E-state index in [1.807, 2.05) is 14.1 Å². The summed E-state index contributed by atoms with van der Waals surface area (Å²) < 4.78 is 1.56. The average Bonchev–Trinajstić information content (AvgIpc) is 2.78. The van der Waals surface area contributed by atoms with Crippen molar-refractivity contribution in [1.29, 1.82) is 0 Å². The summed E-state index contributed by atoms with van der Waals surface area (Å²) in [7, 11) is 3.70. The molecule has 0 unspecified atom stereocenters. The van der Waals surface area contributed by atoms with Gasteiger partial charge >= 0.3 is 5.97 Å². The van der Waals surface area contributed by atoms with Crippen LogP contribution in [0.15, 0.2) is 35.5 Å². The van der Waals surface area contributed by atoms with Gasteiger partial charge in [0.25, 0.3) is 0 Å². The Kier molecular flexibility index (Phi) is 3.69. The van der Waals surface area contributed by atoms with Gasteiger partial charge in [-0.25, -0.2) is 14.5 Å². The summed E-state index contributed by atoms with van der Waals surface area (Å²) in [6.07, 6.45) is 3.24. The van der Waals surface area contributed by atoms with E-state index in [-0.39, 0.29) is 5.56 Å². The lowest BCUT2D eigenvalue weighted by atomic mass is 10.2. The van der Waals surface area contributed by atoms with Gasteiger partial charge in [-0.2, -0.15) is 0 Å². The monoisotopic (exact) mass is 273 g/mol. The van der Waals surface area contributed by atoms with Crippen molar-refractivity contribution in [3.05, 3.63) is 36.0 Å². The second kappa shape index (κ2) is 5.43. The van der Waals surface area contributed by atoms with Crippen molar-refractivity contribution in [1.82, 2.24) is 14.7 Å². The van der Waals surface area contributed by atoms with Gasteiger partial charge in [0.2, 0.25) is 0 Å². The third-order valence-corrected chi connectivity index (χ3v) is 2.51. The molecular formula is C13H15N5O2. The maximum absolute atomic E-state index is 10.8. The quantitative estimate of drug-likeness (QED) is 0.648. The molecule has 20 heavy (non-hydrogen) atoms. The van der Waals surface area contributed by atoms with Gasteiger partial charge in [0.1, 0.15) is 0 Å². The second-order valence-electron chi connectivity index (χ2n) is 4.41. The number of nitrogens with zero attached hydrogens (tertiary/aromatic N) is 4. The largest absolute Gasteiger partial charge is 0.478 e. The van der Waals surface area contributed by atoms with E-state index in [1.165, 1.54) is 12.1 Å². The summed E-state index contributed by atoms with van der Waals surface area (Å²) in [4.78, 5) is 16.7. The molecule has 1 aromatic heterocycles. The summed E-state index contributed by atoms with van der Waals surface area (Å²) in [5.41, 5.74) is 7.22. The van der Waals surface area contributed by atoms with Gasteiger partial charge in [-0.15, -0.1) is 5.10 Å². The van der Waals surface area contributed by atoms with Crippen LogP contribution < -0.4 is 5.73 Å². The Bertz CT molecular complexity index is 643. The van der Waals surface area contributed by atoms with E-state index in [2.05, 4.69) is 10.1 Å². The maximum Gasteiger partial charge on any atom is 0.335 e. The number of nitrogen functional groups attached to an aromatic ring is 1. The predicted octanol–water partition coefficient (Wildman–Crippen LogP) is 1.37. The molecule has 104 valence electrons. The zero-order valence-corrected chi connectivity index (χ0v) is 11.2. The number of carbonyl (C=O) groups is 1. The Morgan fingerprint density at radius 3 is 2.60 bits per heavy atom. The minimum atomic E-state index is -0.965. The zero-order valence-electron chi connectivity index (χ0n) is 11.2. The van der Waals surface area contributed by atoms with Crippen LogP contribution in [-0.2, 0) is 0 Å². The van der Waals surface area contributed by atoms with Crippen LogP contribution in [0.2, 0.25) is 0 Å². The highest BCUT2D eigenvalue weighted by atomic mass is 16.4. The van der Waals surface area contributed by atoms with E-state index in [0.717, 1.165) is 0 Å². The van der Waals surface area contributed by atoms with E-state index in [9.17, 15) is 4.79 Å². The van der Waals surface area contributed by atoms with Gasteiger partial charge in [-0.05, 0) is 24.3 Å². The molecule has 0 bridgehead atoms. The van der Waals surface area contributed by atoms with Gasteiger partial charge in [0.05, 0.1) is 29.5 Å². The minimum absolute atomic E-state index is 0.222.